The fraction of sp³-hybridized carbons (Fsp3) is 0.316. The van der Waals surface area contributed by atoms with Crippen LogP contribution in [0, 0.1) is 13.8 Å². The summed E-state index contributed by atoms with van der Waals surface area (Å²) in [5.41, 5.74) is 3.59. The predicted molar refractivity (Wildman–Crippen MR) is 100 cm³/mol. The molecule has 1 heterocycles. The number of hydrogen-bond donors (Lipinski definition) is 1. The highest BCUT2D eigenvalue weighted by molar-refractivity contribution is 7.89. The van der Waals surface area contributed by atoms with E-state index in [1.54, 1.807) is 18.2 Å². The molecule has 3 rings (SSSR count). The number of carbonyl (C=O) groups excluding carboxylic acids is 1. The number of fused-ring (bicyclic) bond motifs is 1. The lowest BCUT2D eigenvalue weighted by atomic mass is 10.1. The summed E-state index contributed by atoms with van der Waals surface area (Å²) in [6.07, 6.45) is 0.690. The number of likely N-dealkylation sites (N-methyl/N-ethyl adjacent to an activating group) is 1. The van der Waals surface area contributed by atoms with Gasteiger partial charge in [0.15, 0.2) is 0 Å². The number of nitrogens with zero attached hydrogens (tertiary/aromatic N) is 1. The molecule has 1 aliphatic heterocycles. The molecule has 0 radical (unpaired) electrons. The van der Waals surface area contributed by atoms with Crippen LogP contribution in [0.1, 0.15) is 16.7 Å². The molecule has 1 amide bonds. The van der Waals surface area contributed by atoms with Crippen LogP contribution < -0.4 is 10.1 Å². The molecule has 0 atom stereocenters. The quantitative estimate of drug-likeness (QED) is 0.872. The molecular weight excluding hydrogens is 352 g/mol. The number of aryl methyl sites for hydroxylation is 1. The second-order valence-electron chi connectivity index (χ2n) is 6.42. The van der Waals surface area contributed by atoms with Crippen LogP contribution in [0.2, 0.25) is 0 Å². The van der Waals surface area contributed by atoms with Crippen LogP contribution in [0.5, 0.6) is 5.75 Å². The Hall–Kier alpha value is -2.38. The van der Waals surface area contributed by atoms with Gasteiger partial charge < -0.3 is 10.1 Å². The third-order valence-corrected chi connectivity index (χ3v) is 6.41. The van der Waals surface area contributed by atoms with Gasteiger partial charge in [-0.3, -0.25) is 4.79 Å². The summed E-state index contributed by atoms with van der Waals surface area (Å²) in [4.78, 5) is 12.5. The minimum Gasteiger partial charge on any atom is -0.493 e. The fourth-order valence-electron chi connectivity index (χ4n) is 2.87. The van der Waals surface area contributed by atoms with Crippen molar-refractivity contribution in [3.05, 3.63) is 53.1 Å². The first-order valence-corrected chi connectivity index (χ1v) is 9.81. The smallest absolute Gasteiger partial charge is 0.243 e. The standard InChI is InChI=1S/C19H22N2O4S/c1-13-5-4-6-17(14(13)2)20-19(22)12-21(3)26(23,24)16-7-8-18-15(11-16)9-10-25-18/h4-8,11H,9-10,12H2,1-3H3,(H,20,22). The van der Waals surface area contributed by atoms with Crippen molar-refractivity contribution in [1.82, 2.24) is 4.31 Å². The number of benzene rings is 2. The van der Waals surface area contributed by atoms with Gasteiger partial charge in [0.05, 0.1) is 18.0 Å². The van der Waals surface area contributed by atoms with Crippen molar-refractivity contribution in [2.24, 2.45) is 0 Å². The molecule has 0 spiro atoms. The third-order valence-electron chi connectivity index (χ3n) is 4.61. The fourth-order valence-corrected chi connectivity index (χ4v) is 4.05. The molecule has 138 valence electrons. The Kier molecular flexibility index (Phi) is 5.02. The minimum absolute atomic E-state index is 0.170. The van der Waals surface area contributed by atoms with E-state index in [2.05, 4.69) is 5.32 Å². The van der Waals surface area contributed by atoms with Crippen molar-refractivity contribution in [1.29, 1.82) is 0 Å². The molecule has 2 aromatic rings. The second-order valence-corrected chi connectivity index (χ2v) is 8.47. The van der Waals surface area contributed by atoms with Gasteiger partial charge in [-0.25, -0.2) is 8.42 Å². The monoisotopic (exact) mass is 374 g/mol. The molecule has 0 fully saturated rings. The highest BCUT2D eigenvalue weighted by Gasteiger charge is 2.25. The number of carbonyl (C=O) groups is 1. The van der Waals surface area contributed by atoms with E-state index in [0.717, 1.165) is 26.7 Å². The van der Waals surface area contributed by atoms with Crippen LogP contribution in [0.3, 0.4) is 0 Å². The summed E-state index contributed by atoms with van der Waals surface area (Å²) >= 11 is 0. The lowest BCUT2D eigenvalue weighted by Gasteiger charge is -2.18. The van der Waals surface area contributed by atoms with Gasteiger partial charge in [0, 0.05) is 19.2 Å². The predicted octanol–water partition coefficient (Wildman–Crippen LogP) is 2.50. The van der Waals surface area contributed by atoms with Gasteiger partial charge in [0.25, 0.3) is 0 Å². The van der Waals surface area contributed by atoms with E-state index in [9.17, 15) is 13.2 Å². The van der Waals surface area contributed by atoms with Gasteiger partial charge >= 0.3 is 0 Å². The zero-order valence-corrected chi connectivity index (χ0v) is 15.9. The Morgan fingerprint density at radius 2 is 2.00 bits per heavy atom. The van der Waals surface area contributed by atoms with Crippen molar-refractivity contribution >= 4 is 21.6 Å². The molecule has 0 bridgehead atoms. The summed E-state index contributed by atoms with van der Waals surface area (Å²) in [7, 11) is -2.34. The SMILES string of the molecule is Cc1cccc(NC(=O)CN(C)S(=O)(=O)c2ccc3c(c2)CCO3)c1C. The molecule has 26 heavy (non-hydrogen) atoms. The molecule has 1 N–H and O–H groups in total. The first kappa shape index (κ1) is 18.4. The maximum absolute atomic E-state index is 12.7. The number of sulfonamides is 1. The van der Waals surface area contributed by atoms with Gasteiger partial charge in [-0.2, -0.15) is 4.31 Å². The Morgan fingerprint density at radius 3 is 2.77 bits per heavy atom. The van der Waals surface area contributed by atoms with Crippen molar-refractivity contribution in [3.63, 3.8) is 0 Å². The van der Waals surface area contributed by atoms with Crippen molar-refractivity contribution in [2.75, 3.05) is 25.5 Å². The minimum atomic E-state index is -3.75. The van der Waals surface area contributed by atoms with E-state index >= 15 is 0 Å². The Labute approximate surface area is 153 Å². The van der Waals surface area contributed by atoms with E-state index < -0.39 is 10.0 Å². The van der Waals surface area contributed by atoms with E-state index in [-0.39, 0.29) is 17.3 Å². The average molecular weight is 374 g/mol. The summed E-state index contributed by atoms with van der Waals surface area (Å²) in [6.45, 7) is 4.17. The summed E-state index contributed by atoms with van der Waals surface area (Å²) in [6, 6.07) is 10.4. The zero-order valence-electron chi connectivity index (χ0n) is 15.1. The maximum Gasteiger partial charge on any atom is 0.243 e. The van der Waals surface area contributed by atoms with Gasteiger partial charge in [-0.1, -0.05) is 12.1 Å². The lowest BCUT2D eigenvalue weighted by molar-refractivity contribution is -0.116. The van der Waals surface area contributed by atoms with Gasteiger partial charge in [-0.15, -0.1) is 0 Å². The van der Waals surface area contributed by atoms with Gasteiger partial charge in [-0.05, 0) is 54.8 Å². The first-order valence-electron chi connectivity index (χ1n) is 8.37. The molecule has 0 aliphatic carbocycles. The number of ether oxygens (including phenoxy) is 1. The molecule has 0 saturated heterocycles. The van der Waals surface area contributed by atoms with Crippen LogP contribution in [-0.2, 0) is 21.2 Å². The Morgan fingerprint density at radius 1 is 1.23 bits per heavy atom. The van der Waals surface area contributed by atoms with E-state index in [1.807, 2.05) is 26.0 Å². The number of amides is 1. The number of anilines is 1. The van der Waals surface area contributed by atoms with Crippen LogP contribution in [0.25, 0.3) is 0 Å². The molecule has 1 aliphatic rings. The highest BCUT2D eigenvalue weighted by atomic mass is 32.2. The van der Waals surface area contributed by atoms with Crippen molar-refractivity contribution in [2.45, 2.75) is 25.2 Å². The van der Waals surface area contributed by atoms with E-state index in [0.29, 0.717) is 18.7 Å². The van der Waals surface area contributed by atoms with Crippen LogP contribution >= 0.6 is 0 Å². The maximum atomic E-state index is 12.7. The summed E-state index contributed by atoms with van der Waals surface area (Å²) < 4.78 is 32.0. The molecule has 0 unspecified atom stereocenters. The number of nitrogens with one attached hydrogen (secondary N) is 1. The van der Waals surface area contributed by atoms with Crippen LogP contribution in [0.4, 0.5) is 5.69 Å². The Bertz CT molecular complexity index is 954. The summed E-state index contributed by atoms with van der Waals surface area (Å²) in [5, 5.41) is 2.78. The van der Waals surface area contributed by atoms with E-state index in [4.69, 9.17) is 4.74 Å². The molecule has 2 aromatic carbocycles. The Balaban J connectivity index is 1.73. The molecule has 0 saturated carbocycles. The largest absolute Gasteiger partial charge is 0.493 e. The summed E-state index contributed by atoms with van der Waals surface area (Å²) in [5.74, 6) is 0.341. The number of rotatable bonds is 5. The lowest BCUT2D eigenvalue weighted by Crippen LogP contribution is -2.35. The van der Waals surface area contributed by atoms with Gasteiger partial charge in [0.2, 0.25) is 15.9 Å². The van der Waals surface area contributed by atoms with Crippen molar-refractivity contribution in [3.8, 4) is 5.75 Å². The van der Waals surface area contributed by atoms with Gasteiger partial charge in [0.1, 0.15) is 5.75 Å². The zero-order chi connectivity index (χ0) is 18.9. The van der Waals surface area contributed by atoms with Crippen LogP contribution in [0.15, 0.2) is 41.3 Å². The third kappa shape index (κ3) is 3.59. The molecular formula is C19H22N2O4S. The normalized spacial score (nSPS) is 13.4. The molecule has 0 aromatic heterocycles. The van der Waals surface area contributed by atoms with Crippen LogP contribution in [-0.4, -0.2) is 38.8 Å². The second kappa shape index (κ2) is 7.09. The highest BCUT2D eigenvalue weighted by Crippen LogP contribution is 2.28. The molecule has 6 nitrogen and oxygen atoms in total. The average Bonchev–Trinajstić information content (AvgIpc) is 3.06. The topological polar surface area (TPSA) is 75.7 Å². The van der Waals surface area contributed by atoms with Crippen molar-refractivity contribution < 1.29 is 17.9 Å². The van der Waals surface area contributed by atoms with E-state index in [1.165, 1.54) is 13.1 Å². The first-order chi connectivity index (χ1) is 12.3. The number of hydrogen-bond acceptors (Lipinski definition) is 4. The molecule has 7 heteroatoms.